The van der Waals surface area contributed by atoms with E-state index in [2.05, 4.69) is 31.2 Å². The van der Waals surface area contributed by atoms with Gasteiger partial charge < -0.3 is 15.0 Å². The molecule has 1 N–H and O–H groups in total. The summed E-state index contributed by atoms with van der Waals surface area (Å²) in [4.78, 5) is 2.28. The summed E-state index contributed by atoms with van der Waals surface area (Å²) in [5.74, 6) is 0. The van der Waals surface area contributed by atoms with E-state index >= 15 is 0 Å². The maximum atomic E-state index is 5.65. The van der Waals surface area contributed by atoms with Crippen molar-refractivity contribution in [3.63, 3.8) is 0 Å². The van der Waals surface area contributed by atoms with Gasteiger partial charge in [-0.1, -0.05) is 6.92 Å². The Hall–Kier alpha value is -0.120. The van der Waals surface area contributed by atoms with E-state index in [0.717, 1.165) is 32.8 Å². The summed E-state index contributed by atoms with van der Waals surface area (Å²) in [6.45, 7) is 7.42. The van der Waals surface area contributed by atoms with Crippen molar-refractivity contribution in [3.8, 4) is 0 Å². The second-order valence-corrected chi connectivity index (χ2v) is 5.07. The smallest absolute Gasteiger partial charge is 0.0546 e. The predicted octanol–water partition coefficient (Wildman–Crippen LogP) is 1.34. The molecule has 15 heavy (non-hydrogen) atoms. The van der Waals surface area contributed by atoms with Gasteiger partial charge in [0.15, 0.2) is 0 Å². The molecule has 1 heterocycles. The van der Waals surface area contributed by atoms with Gasteiger partial charge in [-0.3, -0.25) is 0 Å². The van der Waals surface area contributed by atoms with Gasteiger partial charge >= 0.3 is 0 Å². The molecule has 0 aromatic heterocycles. The molecule has 0 aromatic carbocycles. The third kappa shape index (κ3) is 4.49. The minimum absolute atomic E-state index is 0.344. The zero-order chi connectivity index (χ0) is 11.1. The van der Waals surface area contributed by atoms with Crippen molar-refractivity contribution >= 4 is 0 Å². The van der Waals surface area contributed by atoms with Gasteiger partial charge in [0.1, 0.15) is 0 Å². The monoisotopic (exact) mass is 214 g/mol. The van der Waals surface area contributed by atoms with Crippen LogP contribution in [0.1, 0.15) is 26.2 Å². The van der Waals surface area contributed by atoms with E-state index in [1.165, 1.54) is 19.3 Å². The molecule has 1 aliphatic heterocycles. The van der Waals surface area contributed by atoms with Crippen molar-refractivity contribution in [3.05, 3.63) is 0 Å². The van der Waals surface area contributed by atoms with Gasteiger partial charge in [-0.15, -0.1) is 0 Å². The largest absolute Gasteiger partial charge is 0.381 e. The molecule has 1 rings (SSSR count). The Labute approximate surface area is 94.2 Å². The molecule has 3 heteroatoms. The van der Waals surface area contributed by atoms with Gasteiger partial charge in [0, 0.05) is 25.1 Å². The van der Waals surface area contributed by atoms with Crippen LogP contribution in [0.25, 0.3) is 0 Å². The van der Waals surface area contributed by atoms with Crippen LogP contribution in [0.5, 0.6) is 0 Å². The minimum Gasteiger partial charge on any atom is -0.381 e. The second kappa shape index (κ2) is 6.46. The maximum Gasteiger partial charge on any atom is 0.0546 e. The van der Waals surface area contributed by atoms with Gasteiger partial charge in [-0.2, -0.15) is 0 Å². The highest BCUT2D eigenvalue weighted by Gasteiger charge is 2.32. The van der Waals surface area contributed by atoms with Crippen LogP contribution in [-0.2, 0) is 4.74 Å². The Morgan fingerprint density at radius 3 is 2.73 bits per heavy atom. The van der Waals surface area contributed by atoms with Crippen LogP contribution in [0.4, 0.5) is 0 Å². The molecule has 90 valence electrons. The quantitative estimate of drug-likeness (QED) is 0.675. The third-order valence-electron chi connectivity index (χ3n) is 2.98. The Balaban J connectivity index is 2.42. The lowest BCUT2D eigenvalue weighted by molar-refractivity contribution is -0.0195. The van der Waals surface area contributed by atoms with E-state index < -0.39 is 0 Å². The first-order valence-corrected chi connectivity index (χ1v) is 6.12. The van der Waals surface area contributed by atoms with E-state index in [-0.39, 0.29) is 0 Å². The Kier molecular flexibility index (Phi) is 5.58. The fourth-order valence-electron chi connectivity index (χ4n) is 2.43. The van der Waals surface area contributed by atoms with Crippen molar-refractivity contribution in [1.82, 2.24) is 10.2 Å². The van der Waals surface area contributed by atoms with Crippen LogP contribution in [0, 0.1) is 5.41 Å². The minimum atomic E-state index is 0.344. The average Bonchev–Trinajstić information content (AvgIpc) is 2.18. The Morgan fingerprint density at radius 1 is 1.40 bits per heavy atom. The molecule has 1 fully saturated rings. The highest BCUT2D eigenvalue weighted by Crippen LogP contribution is 2.28. The lowest BCUT2D eigenvalue weighted by Crippen LogP contribution is -2.47. The van der Waals surface area contributed by atoms with Crippen LogP contribution in [-0.4, -0.2) is 51.8 Å². The van der Waals surface area contributed by atoms with Gasteiger partial charge in [-0.25, -0.2) is 0 Å². The molecule has 0 aliphatic carbocycles. The maximum absolute atomic E-state index is 5.65. The Morgan fingerprint density at radius 2 is 2.20 bits per heavy atom. The molecule has 1 aliphatic rings. The first kappa shape index (κ1) is 12.9. The normalized spacial score (nSPS) is 27.2. The van der Waals surface area contributed by atoms with Crippen LogP contribution >= 0.6 is 0 Å². The topological polar surface area (TPSA) is 24.5 Å². The fourth-order valence-corrected chi connectivity index (χ4v) is 2.43. The molecule has 0 spiro atoms. The van der Waals surface area contributed by atoms with Gasteiger partial charge in [-0.05, 0) is 39.9 Å². The van der Waals surface area contributed by atoms with Crippen molar-refractivity contribution in [1.29, 1.82) is 0 Å². The van der Waals surface area contributed by atoms with E-state index in [0.29, 0.717) is 5.41 Å². The van der Waals surface area contributed by atoms with Crippen molar-refractivity contribution in [2.24, 2.45) is 5.41 Å². The second-order valence-electron chi connectivity index (χ2n) is 5.07. The van der Waals surface area contributed by atoms with Crippen molar-refractivity contribution in [2.75, 3.05) is 46.9 Å². The van der Waals surface area contributed by atoms with Crippen molar-refractivity contribution < 1.29 is 4.74 Å². The highest BCUT2D eigenvalue weighted by atomic mass is 16.5. The third-order valence-corrected chi connectivity index (χ3v) is 2.98. The zero-order valence-electron chi connectivity index (χ0n) is 10.5. The summed E-state index contributed by atoms with van der Waals surface area (Å²) in [6.07, 6.45) is 3.71. The Bertz CT molecular complexity index is 165. The molecule has 0 bridgehead atoms. The number of hydrogen-bond acceptors (Lipinski definition) is 3. The number of rotatable bonds is 6. The average molecular weight is 214 g/mol. The van der Waals surface area contributed by atoms with Crippen LogP contribution < -0.4 is 5.32 Å². The zero-order valence-corrected chi connectivity index (χ0v) is 10.5. The lowest BCUT2D eigenvalue weighted by atomic mass is 9.82. The molecule has 1 saturated heterocycles. The molecule has 0 saturated carbocycles. The fraction of sp³-hybridized carbons (Fsp3) is 1.00. The van der Waals surface area contributed by atoms with Gasteiger partial charge in [0.25, 0.3) is 0 Å². The van der Waals surface area contributed by atoms with Crippen LogP contribution in [0.3, 0.4) is 0 Å². The van der Waals surface area contributed by atoms with E-state index in [1.54, 1.807) is 0 Å². The standard InChI is InChI=1S/C12H26N2O/c1-4-7-13-9-12(10-14(2)3)6-5-8-15-11-12/h13H,4-11H2,1-3H3. The molecule has 3 nitrogen and oxygen atoms in total. The first-order chi connectivity index (χ1) is 7.18. The van der Waals surface area contributed by atoms with E-state index in [4.69, 9.17) is 4.74 Å². The molecular formula is C12H26N2O. The number of ether oxygens (including phenoxy) is 1. The molecular weight excluding hydrogens is 188 g/mol. The number of nitrogens with zero attached hydrogens (tertiary/aromatic N) is 1. The summed E-state index contributed by atoms with van der Waals surface area (Å²) < 4.78 is 5.65. The van der Waals surface area contributed by atoms with Crippen molar-refractivity contribution in [2.45, 2.75) is 26.2 Å². The molecule has 1 atom stereocenters. The van der Waals surface area contributed by atoms with Crippen LogP contribution in [0.2, 0.25) is 0 Å². The molecule has 0 amide bonds. The summed E-state index contributed by atoms with van der Waals surface area (Å²) in [5.41, 5.74) is 0.344. The molecule has 0 radical (unpaired) electrons. The highest BCUT2D eigenvalue weighted by molar-refractivity contribution is 4.86. The SMILES string of the molecule is CCCNCC1(CN(C)C)CCCOC1. The molecule has 1 unspecified atom stereocenters. The lowest BCUT2D eigenvalue weighted by Gasteiger charge is -2.39. The van der Waals surface area contributed by atoms with E-state index in [1.807, 2.05) is 0 Å². The summed E-state index contributed by atoms with van der Waals surface area (Å²) >= 11 is 0. The number of nitrogens with one attached hydrogen (secondary N) is 1. The number of hydrogen-bond donors (Lipinski definition) is 1. The summed E-state index contributed by atoms with van der Waals surface area (Å²) in [5, 5.41) is 3.54. The van der Waals surface area contributed by atoms with E-state index in [9.17, 15) is 0 Å². The van der Waals surface area contributed by atoms with Crippen LogP contribution in [0.15, 0.2) is 0 Å². The van der Waals surface area contributed by atoms with Gasteiger partial charge in [0.2, 0.25) is 0 Å². The summed E-state index contributed by atoms with van der Waals surface area (Å²) in [7, 11) is 4.30. The summed E-state index contributed by atoms with van der Waals surface area (Å²) in [6, 6.07) is 0. The predicted molar refractivity (Wildman–Crippen MR) is 64.2 cm³/mol. The molecule has 0 aromatic rings. The first-order valence-electron chi connectivity index (χ1n) is 6.12. The van der Waals surface area contributed by atoms with Gasteiger partial charge in [0.05, 0.1) is 6.61 Å².